The van der Waals surface area contributed by atoms with Gasteiger partial charge >= 0.3 is 0 Å². The Labute approximate surface area is 114 Å². The first-order valence-electron chi connectivity index (χ1n) is 5.84. The summed E-state index contributed by atoms with van der Waals surface area (Å²) in [6.45, 7) is 0.0573. The van der Waals surface area contributed by atoms with Crippen LogP contribution in [0.25, 0.3) is 0 Å². The van der Waals surface area contributed by atoms with Gasteiger partial charge in [0.25, 0.3) is 0 Å². The first kappa shape index (κ1) is 13.5. The van der Waals surface area contributed by atoms with E-state index in [2.05, 4.69) is 6.07 Å². The van der Waals surface area contributed by atoms with Gasteiger partial charge in [-0.1, -0.05) is 30.3 Å². The van der Waals surface area contributed by atoms with Crippen LogP contribution in [0, 0.1) is 0 Å². The van der Waals surface area contributed by atoms with Crippen molar-refractivity contribution in [2.75, 3.05) is 5.75 Å². The van der Waals surface area contributed by atoms with Gasteiger partial charge in [0, 0.05) is 27.2 Å². The molecule has 0 saturated heterocycles. The number of thiophene rings is 1. The standard InChI is InChI=1S/C14H16O2S2/c15-10-12-3-5-13(6-4-12)11-18(16)9-7-14-2-1-8-17-14/h1-6,8,15H,7,9-11H2/t18-/m1/s1. The molecule has 0 aliphatic rings. The second kappa shape index (κ2) is 6.83. The van der Waals surface area contributed by atoms with Crippen LogP contribution >= 0.6 is 11.3 Å². The molecule has 2 rings (SSSR count). The van der Waals surface area contributed by atoms with E-state index in [-0.39, 0.29) is 6.61 Å². The Morgan fingerprint density at radius 3 is 2.44 bits per heavy atom. The zero-order chi connectivity index (χ0) is 12.8. The highest BCUT2D eigenvalue weighted by Gasteiger charge is 2.03. The fourth-order valence-electron chi connectivity index (χ4n) is 1.67. The summed E-state index contributed by atoms with van der Waals surface area (Å²) in [5.41, 5.74) is 1.96. The van der Waals surface area contributed by atoms with Crippen LogP contribution in [-0.2, 0) is 29.6 Å². The summed E-state index contributed by atoms with van der Waals surface area (Å²) in [5.74, 6) is 1.30. The number of benzene rings is 1. The molecule has 0 spiro atoms. The molecule has 0 radical (unpaired) electrons. The van der Waals surface area contributed by atoms with E-state index < -0.39 is 10.8 Å². The fraction of sp³-hybridized carbons (Fsp3) is 0.286. The van der Waals surface area contributed by atoms with E-state index in [0.29, 0.717) is 11.5 Å². The van der Waals surface area contributed by atoms with Gasteiger partial charge in [-0.05, 0) is 29.0 Å². The molecule has 1 N–H and O–H groups in total. The molecule has 0 aliphatic heterocycles. The molecule has 1 atom stereocenters. The van der Waals surface area contributed by atoms with E-state index in [0.717, 1.165) is 17.5 Å². The van der Waals surface area contributed by atoms with Crippen molar-refractivity contribution in [1.29, 1.82) is 0 Å². The topological polar surface area (TPSA) is 37.3 Å². The minimum absolute atomic E-state index is 0.0573. The SMILES string of the molecule is O=[S@](CCc1cccs1)Cc1ccc(CO)cc1. The number of aliphatic hydroxyl groups is 1. The van der Waals surface area contributed by atoms with Crippen LogP contribution < -0.4 is 0 Å². The molecule has 96 valence electrons. The van der Waals surface area contributed by atoms with Crippen LogP contribution in [-0.4, -0.2) is 15.1 Å². The molecule has 1 aromatic carbocycles. The van der Waals surface area contributed by atoms with Crippen LogP contribution in [0.3, 0.4) is 0 Å². The molecule has 2 nitrogen and oxygen atoms in total. The molecule has 18 heavy (non-hydrogen) atoms. The van der Waals surface area contributed by atoms with Crippen molar-refractivity contribution >= 4 is 22.1 Å². The molecule has 0 amide bonds. The van der Waals surface area contributed by atoms with Crippen molar-refractivity contribution < 1.29 is 9.32 Å². The van der Waals surface area contributed by atoms with Gasteiger partial charge in [-0.2, -0.15) is 0 Å². The molecular formula is C14H16O2S2. The monoisotopic (exact) mass is 280 g/mol. The molecule has 0 fully saturated rings. The molecule has 4 heteroatoms. The third kappa shape index (κ3) is 4.05. The lowest BCUT2D eigenvalue weighted by molar-refractivity contribution is 0.282. The number of aliphatic hydroxyl groups excluding tert-OH is 1. The Morgan fingerprint density at radius 2 is 1.83 bits per heavy atom. The summed E-state index contributed by atoms with van der Waals surface area (Å²) < 4.78 is 11.9. The maximum absolute atomic E-state index is 11.9. The Hall–Kier alpha value is -0.970. The molecule has 1 heterocycles. The van der Waals surface area contributed by atoms with Crippen molar-refractivity contribution in [1.82, 2.24) is 0 Å². The molecule has 0 saturated carbocycles. The zero-order valence-electron chi connectivity index (χ0n) is 10.0. The first-order valence-corrected chi connectivity index (χ1v) is 8.21. The highest BCUT2D eigenvalue weighted by Crippen LogP contribution is 2.11. The van der Waals surface area contributed by atoms with Crippen molar-refractivity contribution in [3.8, 4) is 0 Å². The highest BCUT2D eigenvalue weighted by molar-refractivity contribution is 7.84. The average Bonchev–Trinajstić information content (AvgIpc) is 2.90. The smallest absolute Gasteiger partial charge is 0.0681 e. The van der Waals surface area contributed by atoms with Gasteiger partial charge in [0.1, 0.15) is 0 Å². The minimum atomic E-state index is -0.820. The Kier molecular flexibility index (Phi) is 5.11. The Balaban J connectivity index is 1.83. The van der Waals surface area contributed by atoms with E-state index >= 15 is 0 Å². The molecule has 1 aromatic heterocycles. The largest absolute Gasteiger partial charge is 0.392 e. The second-order valence-electron chi connectivity index (χ2n) is 4.09. The van der Waals surface area contributed by atoms with Gasteiger partial charge in [-0.3, -0.25) is 4.21 Å². The average molecular weight is 280 g/mol. The lowest BCUT2D eigenvalue weighted by Gasteiger charge is -2.03. The van der Waals surface area contributed by atoms with Gasteiger partial charge < -0.3 is 5.11 Å². The predicted molar refractivity (Wildman–Crippen MR) is 77.1 cm³/mol. The van der Waals surface area contributed by atoms with Crippen LogP contribution in [0.4, 0.5) is 0 Å². The van der Waals surface area contributed by atoms with Crippen LogP contribution in [0.1, 0.15) is 16.0 Å². The third-order valence-corrected chi connectivity index (χ3v) is 4.94. The predicted octanol–water partition coefficient (Wildman–Crippen LogP) is 2.73. The lowest BCUT2D eigenvalue weighted by atomic mass is 10.2. The maximum Gasteiger partial charge on any atom is 0.0681 e. The summed E-state index contributed by atoms with van der Waals surface area (Å²) in [6, 6.07) is 11.7. The van der Waals surface area contributed by atoms with Crippen molar-refractivity contribution in [2.24, 2.45) is 0 Å². The van der Waals surface area contributed by atoms with Crippen molar-refractivity contribution in [2.45, 2.75) is 18.8 Å². The van der Waals surface area contributed by atoms with Gasteiger partial charge in [-0.25, -0.2) is 0 Å². The van der Waals surface area contributed by atoms with Crippen molar-refractivity contribution in [3.63, 3.8) is 0 Å². The minimum Gasteiger partial charge on any atom is -0.392 e. The van der Waals surface area contributed by atoms with E-state index in [4.69, 9.17) is 5.11 Å². The lowest BCUT2D eigenvalue weighted by Crippen LogP contribution is -2.03. The summed E-state index contributed by atoms with van der Waals surface area (Å²) in [6.07, 6.45) is 0.888. The molecular weight excluding hydrogens is 264 g/mol. The van der Waals surface area contributed by atoms with E-state index in [9.17, 15) is 4.21 Å². The molecule has 2 aromatic rings. The quantitative estimate of drug-likeness (QED) is 0.883. The van der Waals surface area contributed by atoms with E-state index in [1.807, 2.05) is 35.7 Å². The third-order valence-electron chi connectivity index (χ3n) is 2.69. The Morgan fingerprint density at radius 1 is 1.11 bits per heavy atom. The van der Waals surface area contributed by atoms with Crippen molar-refractivity contribution in [3.05, 3.63) is 57.8 Å². The summed E-state index contributed by atoms with van der Waals surface area (Å²) in [4.78, 5) is 1.29. The number of rotatable bonds is 6. The zero-order valence-corrected chi connectivity index (χ0v) is 11.7. The molecule has 0 aliphatic carbocycles. The number of hydrogen-bond acceptors (Lipinski definition) is 3. The highest BCUT2D eigenvalue weighted by atomic mass is 32.2. The van der Waals surface area contributed by atoms with Gasteiger partial charge in [0.15, 0.2) is 0 Å². The van der Waals surface area contributed by atoms with Crippen LogP contribution in [0.2, 0.25) is 0 Å². The van der Waals surface area contributed by atoms with Gasteiger partial charge in [0.05, 0.1) is 6.61 Å². The first-order chi connectivity index (χ1) is 8.78. The van der Waals surface area contributed by atoms with E-state index in [1.54, 1.807) is 11.3 Å². The molecule has 0 bridgehead atoms. The second-order valence-corrected chi connectivity index (χ2v) is 6.70. The van der Waals surface area contributed by atoms with Gasteiger partial charge in [-0.15, -0.1) is 11.3 Å². The maximum atomic E-state index is 11.9. The van der Waals surface area contributed by atoms with E-state index in [1.165, 1.54) is 4.88 Å². The summed E-state index contributed by atoms with van der Waals surface area (Å²) >= 11 is 1.71. The fourth-order valence-corrected chi connectivity index (χ4v) is 3.66. The normalized spacial score (nSPS) is 12.5. The van der Waals surface area contributed by atoms with Crippen LogP contribution in [0.15, 0.2) is 41.8 Å². The number of hydrogen-bond donors (Lipinski definition) is 1. The van der Waals surface area contributed by atoms with Crippen LogP contribution in [0.5, 0.6) is 0 Å². The Bertz CT molecular complexity index is 489. The summed E-state index contributed by atoms with van der Waals surface area (Å²) in [7, 11) is -0.820. The summed E-state index contributed by atoms with van der Waals surface area (Å²) in [5, 5.41) is 11.0. The van der Waals surface area contributed by atoms with Gasteiger partial charge in [0.2, 0.25) is 0 Å². The number of aryl methyl sites for hydroxylation is 1. The molecule has 0 unspecified atom stereocenters.